The van der Waals surface area contributed by atoms with Gasteiger partial charge in [-0.05, 0) is 166 Å². The molecule has 1 saturated heterocycles. The number of hydrogen-bond donors (Lipinski definition) is 0. The van der Waals surface area contributed by atoms with Gasteiger partial charge in [0.2, 0.25) is 0 Å². The van der Waals surface area contributed by atoms with Crippen molar-refractivity contribution in [1.29, 1.82) is 0 Å². The molecule has 0 amide bonds. The first-order valence-electron chi connectivity index (χ1n) is 22.8. The van der Waals surface area contributed by atoms with E-state index in [-0.39, 0.29) is 6.04 Å². The molecule has 3 heteroatoms. The minimum atomic E-state index is 0.272. The van der Waals surface area contributed by atoms with Crippen LogP contribution < -0.4 is 9.75 Å². The summed E-state index contributed by atoms with van der Waals surface area (Å²) >= 11 is 4.44. The van der Waals surface area contributed by atoms with Crippen molar-refractivity contribution in [2.75, 3.05) is 0 Å². The first kappa shape index (κ1) is 36.5. The zero-order chi connectivity index (χ0) is 37.7. The van der Waals surface area contributed by atoms with Crippen LogP contribution in [0.15, 0.2) is 137 Å². The second-order valence-corrected chi connectivity index (χ2v) is 20.7. The number of allylic oxidation sites excluding steroid dienone is 20. The van der Waals surface area contributed by atoms with Crippen LogP contribution in [0.3, 0.4) is 0 Å². The molecule has 7 unspecified atom stereocenters. The van der Waals surface area contributed by atoms with Crippen LogP contribution in [0.2, 0.25) is 0 Å². The predicted octanol–water partition coefficient (Wildman–Crippen LogP) is 12.8. The van der Waals surface area contributed by atoms with Gasteiger partial charge in [-0.25, -0.2) is 0 Å². The number of thioether (sulfide) groups is 1. The molecule has 9 aliphatic carbocycles. The van der Waals surface area contributed by atoms with E-state index >= 15 is 0 Å². The van der Waals surface area contributed by atoms with Gasteiger partial charge >= 0.3 is 0 Å². The minimum absolute atomic E-state index is 0.272. The molecule has 1 fully saturated rings. The fourth-order valence-electron chi connectivity index (χ4n) is 12.0. The van der Waals surface area contributed by atoms with E-state index in [0.717, 1.165) is 73.7 Å². The first-order valence-corrected chi connectivity index (χ1v) is 24.6. The molecule has 11 rings (SSSR count). The van der Waals surface area contributed by atoms with E-state index in [0.29, 0.717) is 11.8 Å². The Kier molecular flexibility index (Phi) is 10.2. The Morgan fingerprint density at radius 3 is 2.51 bits per heavy atom. The zero-order valence-electron chi connectivity index (χ0n) is 33.7. The standard InChI is InChI=1S/C54H59NS2/c1-4-14-36(15-5-1)41-32-42(37-16-6-2-7-17-37)34-44(33-41)55(43-29-26-38(27-30-43)40-28-31-52-49(35-40)46-20-10-11-25-51(46)56-52)50-24-13-23-48-47-22-12-21-45(53(47)57-54(48)50)39-18-8-3-9-19-39/h1,4,6,8,11,14,16-18,21,23,25-26,29-30,32,34-35,38-39,44,46,49,51-52H,2-3,5,7,9-10,12-13,15,19-20,22,24,27-28,31,33H2. The lowest BCUT2D eigenvalue weighted by atomic mass is 9.74. The van der Waals surface area contributed by atoms with Gasteiger partial charge in [0.25, 0.3) is 0 Å². The van der Waals surface area contributed by atoms with Gasteiger partial charge in [0.15, 0.2) is 0 Å². The van der Waals surface area contributed by atoms with Crippen molar-refractivity contribution >= 4 is 40.4 Å². The average molecular weight is 786 g/mol. The van der Waals surface area contributed by atoms with E-state index in [1.165, 1.54) is 80.2 Å². The Morgan fingerprint density at radius 1 is 0.684 bits per heavy atom. The summed E-state index contributed by atoms with van der Waals surface area (Å²) < 4.78 is 1.56. The SMILES string of the molecule is C1=CCCC(C2=CC(C3=CCCC=C3)=CC(N(C3=CCC(C4=CC5C(CC4)SC4C=CCCC45)C=C3)C3=c4sc5c(c4=CCC3)CCC=C5C3C=CCCC3)C2)=C1. The lowest BCUT2D eigenvalue weighted by Crippen LogP contribution is -2.40. The fraction of sp³-hybridized carbons (Fsp3) is 0.444. The fourth-order valence-corrected chi connectivity index (χ4v) is 15.4. The molecule has 1 aromatic heterocycles. The van der Waals surface area contributed by atoms with Crippen LogP contribution in [0.25, 0.3) is 17.3 Å². The highest BCUT2D eigenvalue weighted by Crippen LogP contribution is 2.53. The molecule has 7 atom stereocenters. The molecular formula is C54H59NS2. The normalized spacial score (nSPS) is 32.7. The molecule has 1 nitrogen and oxygen atoms in total. The van der Waals surface area contributed by atoms with E-state index in [1.54, 1.807) is 42.6 Å². The van der Waals surface area contributed by atoms with Crippen molar-refractivity contribution in [3.63, 3.8) is 0 Å². The maximum Gasteiger partial charge on any atom is 0.0569 e. The number of thiophene rings is 1. The van der Waals surface area contributed by atoms with Gasteiger partial charge in [-0.15, -0.1) is 11.3 Å². The topological polar surface area (TPSA) is 3.24 Å². The predicted molar refractivity (Wildman–Crippen MR) is 246 cm³/mol. The zero-order valence-corrected chi connectivity index (χ0v) is 35.4. The summed E-state index contributed by atoms with van der Waals surface area (Å²) in [6, 6.07) is 0.272. The highest BCUT2D eigenvalue weighted by atomic mass is 32.2. The largest absolute Gasteiger partial charge is 0.337 e. The second kappa shape index (κ2) is 15.9. The Bertz CT molecular complexity index is 2320. The average Bonchev–Trinajstić information content (AvgIpc) is 3.86. The van der Waals surface area contributed by atoms with Crippen LogP contribution >= 0.6 is 23.1 Å². The van der Waals surface area contributed by atoms with E-state index in [4.69, 9.17) is 0 Å². The van der Waals surface area contributed by atoms with E-state index in [1.807, 2.05) is 0 Å². The highest BCUT2D eigenvalue weighted by molar-refractivity contribution is 8.01. The first-order chi connectivity index (χ1) is 28.2. The third-order valence-electron chi connectivity index (χ3n) is 14.9. The van der Waals surface area contributed by atoms with Gasteiger partial charge in [-0.1, -0.05) is 109 Å². The molecule has 2 heterocycles. The Hall–Kier alpha value is -3.53. The maximum absolute atomic E-state index is 2.88. The summed E-state index contributed by atoms with van der Waals surface area (Å²) in [5, 5.41) is 3.15. The van der Waals surface area contributed by atoms with Gasteiger partial charge in [0.05, 0.1) is 10.6 Å². The number of fused-ring (bicyclic) bond motifs is 6. The van der Waals surface area contributed by atoms with Gasteiger partial charge < -0.3 is 4.90 Å². The molecule has 0 spiro atoms. The van der Waals surface area contributed by atoms with Gasteiger partial charge in [-0.3, -0.25) is 0 Å². The molecule has 0 N–H and O–H groups in total. The van der Waals surface area contributed by atoms with Crippen LogP contribution in [0.1, 0.15) is 113 Å². The van der Waals surface area contributed by atoms with Crippen LogP contribution in [0.5, 0.6) is 0 Å². The summed E-state index contributed by atoms with van der Waals surface area (Å²) in [6.07, 6.45) is 65.9. The molecular weight excluding hydrogens is 727 g/mol. The third-order valence-corrected chi connectivity index (χ3v) is 17.9. The second-order valence-electron chi connectivity index (χ2n) is 18.2. The van der Waals surface area contributed by atoms with Crippen LogP contribution in [0.4, 0.5) is 0 Å². The quantitative estimate of drug-likeness (QED) is 0.253. The lowest BCUT2D eigenvalue weighted by molar-refractivity contribution is 0.364. The molecule has 0 bridgehead atoms. The molecule has 57 heavy (non-hydrogen) atoms. The lowest BCUT2D eigenvalue weighted by Gasteiger charge is -2.40. The summed E-state index contributed by atoms with van der Waals surface area (Å²) in [5.41, 5.74) is 13.9. The molecule has 0 aromatic carbocycles. The maximum atomic E-state index is 2.88. The molecule has 0 radical (unpaired) electrons. The van der Waals surface area contributed by atoms with Crippen molar-refractivity contribution < 1.29 is 0 Å². The van der Waals surface area contributed by atoms with Gasteiger partial charge in [0, 0.05) is 38.6 Å². The smallest absolute Gasteiger partial charge is 0.0569 e. The van der Waals surface area contributed by atoms with Gasteiger partial charge in [-0.2, -0.15) is 11.8 Å². The Labute approximate surface area is 349 Å². The Morgan fingerprint density at radius 2 is 1.65 bits per heavy atom. The van der Waals surface area contributed by atoms with E-state index in [9.17, 15) is 0 Å². The molecule has 292 valence electrons. The summed E-state index contributed by atoms with van der Waals surface area (Å²) in [4.78, 5) is 4.48. The summed E-state index contributed by atoms with van der Waals surface area (Å²) in [6.45, 7) is 0. The summed E-state index contributed by atoms with van der Waals surface area (Å²) in [5.74, 6) is 2.74. The van der Waals surface area contributed by atoms with Crippen LogP contribution in [-0.2, 0) is 6.42 Å². The third kappa shape index (κ3) is 6.97. The summed E-state index contributed by atoms with van der Waals surface area (Å²) in [7, 11) is 0. The van der Waals surface area contributed by atoms with Gasteiger partial charge in [0.1, 0.15) is 0 Å². The number of rotatable bonds is 7. The molecule has 1 aliphatic heterocycles. The van der Waals surface area contributed by atoms with Crippen LogP contribution in [-0.4, -0.2) is 21.4 Å². The van der Waals surface area contributed by atoms with Crippen LogP contribution in [0, 0.1) is 23.7 Å². The molecule has 0 saturated carbocycles. The number of hydrogen-bond acceptors (Lipinski definition) is 3. The van der Waals surface area contributed by atoms with Crippen molar-refractivity contribution in [2.45, 2.75) is 126 Å². The van der Waals surface area contributed by atoms with Crippen molar-refractivity contribution in [3.05, 3.63) is 157 Å². The van der Waals surface area contributed by atoms with Crippen molar-refractivity contribution in [1.82, 2.24) is 4.90 Å². The van der Waals surface area contributed by atoms with E-state index < -0.39 is 0 Å². The molecule has 10 aliphatic rings. The van der Waals surface area contributed by atoms with Crippen molar-refractivity contribution in [3.8, 4) is 0 Å². The molecule has 1 aromatic rings. The highest BCUT2D eigenvalue weighted by Gasteiger charge is 2.44. The Balaban J connectivity index is 1.00. The minimum Gasteiger partial charge on any atom is -0.337 e. The monoisotopic (exact) mass is 785 g/mol. The van der Waals surface area contributed by atoms with E-state index in [2.05, 4.69) is 137 Å². The number of nitrogens with zero attached hydrogens (tertiary/aromatic N) is 1. The van der Waals surface area contributed by atoms with Crippen molar-refractivity contribution in [2.24, 2.45) is 23.7 Å².